The maximum Gasteiger partial charge on any atom is 0.244 e. The van der Waals surface area contributed by atoms with Crippen LogP contribution in [0, 0.1) is 6.92 Å². The second-order valence-corrected chi connectivity index (χ2v) is 7.14. The molecule has 0 unspecified atom stereocenters. The van der Waals surface area contributed by atoms with Crippen LogP contribution in [0.25, 0.3) is 0 Å². The van der Waals surface area contributed by atoms with Gasteiger partial charge in [-0.1, -0.05) is 0 Å². The average Bonchev–Trinajstić information content (AvgIpc) is 2.97. The van der Waals surface area contributed by atoms with E-state index in [9.17, 15) is 8.42 Å². The minimum atomic E-state index is -3.55. The first-order valence-corrected chi connectivity index (χ1v) is 7.99. The van der Waals surface area contributed by atoms with E-state index in [4.69, 9.17) is 5.11 Å². The van der Waals surface area contributed by atoms with E-state index < -0.39 is 10.0 Å². The Balaban J connectivity index is 2.04. The number of aliphatic hydroxyl groups is 1. The number of nitrogens with one attached hydrogen (secondary N) is 1. The van der Waals surface area contributed by atoms with Crippen molar-refractivity contribution in [3.63, 3.8) is 0 Å². The summed E-state index contributed by atoms with van der Waals surface area (Å²) < 4.78 is 27.9. The molecule has 2 aromatic heterocycles. The Kier molecular flexibility index (Phi) is 4.35. The van der Waals surface area contributed by atoms with E-state index in [1.165, 1.54) is 17.1 Å². The van der Waals surface area contributed by atoms with Gasteiger partial charge in [-0.25, -0.2) is 13.1 Å². The van der Waals surface area contributed by atoms with Gasteiger partial charge in [-0.15, -0.1) is 11.3 Å². The quantitative estimate of drug-likeness (QED) is 0.823. The van der Waals surface area contributed by atoms with Crippen LogP contribution < -0.4 is 4.72 Å². The van der Waals surface area contributed by atoms with E-state index in [2.05, 4.69) is 9.82 Å². The molecule has 0 fully saturated rings. The molecule has 0 bridgehead atoms. The maximum absolute atomic E-state index is 12.0. The highest BCUT2D eigenvalue weighted by Gasteiger charge is 2.16. The molecule has 0 saturated heterocycles. The molecule has 0 spiro atoms. The Bertz CT molecular complexity index is 646. The number of nitrogens with zero attached hydrogens (tertiary/aromatic N) is 2. The van der Waals surface area contributed by atoms with Gasteiger partial charge >= 0.3 is 0 Å². The molecule has 0 aliphatic rings. The minimum absolute atomic E-state index is 0.0803. The third-order valence-corrected chi connectivity index (χ3v) is 4.84. The van der Waals surface area contributed by atoms with Gasteiger partial charge in [0, 0.05) is 22.5 Å². The first-order valence-electron chi connectivity index (χ1n) is 5.69. The molecule has 2 rings (SSSR count). The standard InChI is InChI=1S/C11H15N3O3S2/c1-9-2-3-10(18-9)6-13-19(16,17)11-7-12-14(8-11)4-5-15/h2-3,7-8,13,15H,4-6H2,1H3. The van der Waals surface area contributed by atoms with Crippen LogP contribution in [0.3, 0.4) is 0 Å². The second-order valence-electron chi connectivity index (χ2n) is 4.00. The number of aromatic nitrogens is 2. The van der Waals surface area contributed by atoms with Crippen molar-refractivity contribution in [1.29, 1.82) is 0 Å². The van der Waals surface area contributed by atoms with Gasteiger partial charge in [0.1, 0.15) is 4.90 Å². The van der Waals surface area contributed by atoms with Crippen molar-refractivity contribution in [2.24, 2.45) is 0 Å². The van der Waals surface area contributed by atoms with Gasteiger partial charge < -0.3 is 5.11 Å². The van der Waals surface area contributed by atoms with E-state index in [1.54, 1.807) is 11.3 Å². The van der Waals surface area contributed by atoms with E-state index in [-0.39, 0.29) is 24.6 Å². The Labute approximate surface area is 115 Å². The zero-order valence-corrected chi connectivity index (χ0v) is 12.0. The smallest absolute Gasteiger partial charge is 0.244 e. The number of thiophene rings is 1. The molecule has 6 nitrogen and oxygen atoms in total. The molecule has 0 aliphatic carbocycles. The van der Waals surface area contributed by atoms with Crippen LogP contribution in [0.5, 0.6) is 0 Å². The highest BCUT2D eigenvalue weighted by molar-refractivity contribution is 7.89. The van der Waals surface area contributed by atoms with E-state index in [1.807, 2.05) is 19.1 Å². The zero-order valence-electron chi connectivity index (χ0n) is 10.4. The number of hydrogen-bond donors (Lipinski definition) is 2. The van der Waals surface area contributed by atoms with Gasteiger partial charge in [-0.3, -0.25) is 4.68 Å². The maximum atomic E-state index is 12.0. The highest BCUT2D eigenvalue weighted by Crippen LogP contribution is 2.16. The van der Waals surface area contributed by atoms with Gasteiger partial charge in [0.2, 0.25) is 10.0 Å². The van der Waals surface area contributed by atoms with Crippen molar-refractivity contribution in [1.82, 2.24) is 14.5 Å². The van der Waals surface area contributed by atoms with Crippen molar-refractivity contribution >= 4 is 21.4 Å². The fourth-order valence-electron chi connectivity index (χ4n) is 1.54. The molecule has 2 N–H and O–H groups in total. The van der Waals surface area contributed by atoms with Crippen molar-refractivity contribution in [3.05, 3.63) is 34.3 Å². The Morgan fingerprint density at radius 1 is 1.47 bits per heavy atom. The highest BCUT2D eigenvalue weighted by atomic mass is 32.2. The van der Waals surface area contributed by atoms with Crippen LogP contribution in [-0.4, -0.2) is 29.9 Å². The molecule has 8 heteroatoms. The lowest BCUT2D eigenvalue weighted by Crippen LogP contribution is -2.22. The predicted molar refractivity (Wildman–Crippen MR) is 72.4 cm³/mol. The molecule has 0 radical (unpaired) electrons. The summed E-state index contributed by atoms with van der Waals surface area (Å²) in [7, 11) is -3.55. The first-order chi connectivity index (χ1) is 9.01. The number of aryl methyl sites for hydroxylation is 1. The predicted octanol–water partition coefficient (Wildman–Crippen LogP) is 0.724. The van der Waals surface area contributed by atoms with Gasteiger partial charge in [0.15, 0.2) is 0 Å². The van der Waals surface area contributed by atoms with Crippen LogP contribution >= 0.6 is 11.3 Å². The van der Waals surface area contributed by atoms with Crippen LogP contribution in [0.2, 0.25) is 0 Å². The lowest BCUT2D eigenvalue weighted by molar-refractivity contribution is 0.269. The SMILES string of the molecule is Cc1ccc(CNS(=O)(=O)c2cnn(CCO)c2)s1. The molecular weight excluding hydrogens is 286 g/mol. The summed E-state index contributed by atoms with van der Waals surface area (Å²) in [5.74, 6) is 0. The summed E-state index contributed by atoms with van der Waals surface area (Å²) in [6, 6.07) is 3.85. The number of sulfonamides is 1. The lowest BCUT2D eigenvalue weighted by atomic mass is 10.4. The van der Waals surface area contributed by atoms with E-state index in [0.717, 1.165) is 9.75 Å². The van der Waals surface area contributed by atoms with Crippen LogP contribution in [0.15, 0.2) is 29.4 Å². The molecule has 104 valence electrons. The molecule has 0 amide bonds. The number of aliphatic hydroxyl groups excluding tert-OH is 1. The number of hydrogen-bond acceptors (Lipinski definition) is 5. The fourth-order valence-corrected chi connectivity index (χ4v) is 3.42. The molecule has 0 aromatic carbocycles. The van der Waals surface area contributed by atoms with Crippen molar-refractivity contribution in [3.8, 4) is 0 Å². The van der Waals surface area contributed by atoms with Crippen molar-refractivity contribution in [2.45, 2.75) is 24.9 Å². The summed E-state index contributed by atoms with van der Waals surface area (Å²) in [6.07, 6.45) is 2.68. The Morgan fingerprint density at radius 3 is 2.89 bits per heavy atom. The number of rotatable bonds is 6. The summed E-state index contributed by atoms with van der Waals surface area (Å²) >= 11 is 1.56. The Hall–Kier alpha value is -1.22. The molecule has 0 atom stereocenters. The Morgan fingerprint density at radius 2 is 2.26 bits per heavy atom. The molecule has 2 aromatic rings. The molecule has 0 aliphatic heterocycles. The van der Waals surface area contributed by atoms with Gasteiger partial charge in [-0.05, 0) is 19.1 Å². The first kappa shape index (κ1) is 14.2. The average molecular weight is 301 g/mol. The lowest BCUT2D eigenvalue weighted by Gasteiger charge is -2.02. The summed E-state index contributed by atoms with van der Waals surface area (Å²) in [5.41, 5.74) is 0. The van der Waals surface area contributed by atoms with E-state index >= 15 is 0 Å². The monoisotopic (exact) mass is 301 g/mol. The third kappa shape index (κ3) is 3.63. The van der Waals surface area contributed by atoms with Crippen LogP contribution in [-0.2, 0) is 23.1 Å². The summed E-state index contributed by atoms with van der Waals surface area (Å²) in [4.78, 5) is 2.21. The van der Waals surface area contributed by atoms with Crippen molar-refractivity contribution in [2.75, 3.05) is 6.61 Å². The summed E-state index contributed by atoms with van der Waals surface area (Å²) in [6.45, 7) is 2.44. The summed E-state index contributed by atoms with van der Waals surface area (Å²) in [5, 5.41) is 12.6. The van der Waals surface area contributed by atoms with Crippen LogP contribution in [0.4, 0.5) is 0 Å². The molecule has 0 saturated carbocycles. The van der Waals surface area contributed by atoms with Crippen LogP contribution in [0.1, 0.15) is 9.75 Å². The normalized spacial score (nSPS) is 11.9. The fraction of sp³-hybridized carbons (Fsp3) is 0.364. The van der Waals surface area contributed by atoms with Gasteiger partial charge in [0.25, 0.3) is 0 Å². The van der Waals surface area contributed by atoms with Gasteiger partial charge in [-0.2, -0.15) is 5.10 Å². The molecule has 19 heavy (non-hydrogen) atoms. The van der Waals surface area contributed by atoms with Gasteiger partial charge in [0.05, 0.1) is 19.3 Å². The topological polar surface area (TPSA) is 84.2 Å². The minimum Gasteiger partial charge on any atom is -0.394 e. The molecular formula is C11H15N3O3S2. The second kappa shape index (κ2) is 5.83. The molecule has 2 heterocycles. The largest absolute Gasteiger partial charge is 0.394 e. The van der Waals surface area contributed by atoms with Crippen molar-refractivity contribution < 1.29 is 13.5 Å². The van der Waals surface area contributed by atoms with E-state index in [0.29, 0.717) is 0 Å². The zero-order chi connectivity index (χ0) is 13.9. The third-order valence-electron chi connectivity index (χ3n) is 2.48.